The smallest absolute Gasteiger partial charge is 0.325 e. The van der Waals surface area contributed by atoms with Crippen LogP contribution in [0.15, 0.2) is 54.6 Å². The summed E-state index contributed by atoms with van der Waals surface area (Å²) in [5.74, 6) is -0.788. The molecule has 0 bridgehead atoms. The average Bonchev–Trinajstić information content (AvgIpc) is 2.58. The number of nitrogens with one attached hydrogen (secondary N) is 1. The molecule has 0 spiro atoms. The zero-order chi connectivity index (χ0) is 15.8. The molecule has 0 radical (unpaired) electrons. The molecule has 1 amide bonds. The van der Waals surface area contributed by atoms with E-state index in [1.54, 1.807) is 12.1 Å². The lowest BCUT2D eigenvalue weighted by Crippen LogP contribution is -2.30. The van der Waals surface area contributed by atoms with Crippen LogP contribution in [0.5, 0.6) is 0 Å². The van der Waals surface area contributed by atoms with Gasteiger partial charge in [-0.2, -0.15) is 0 Å². The second-order valence-corrected chi connectivity index (χ2v) is 4.59. The lowest BCUT2D eigenvalue weighted by molar-refractivity contribution is -0.139. The molecule has 0 saturated heterocycles. The van der Waals surface area contributed by atoms with E-state index in [2.05, 4.69) is 10.1 Å². The van der Waals surface area contributed by atoms with Crippen molar-refractivity contribution in [3.05, 3.63) is 71.3 Å². The van der Waals surface area contributed by atoms with E-state index < -0.39 is 5.97 Å². The van der Waals surface area contributed by atoms with Crippen LogP contribution in [0.2, 0.25) is 0 Å². The molecule has 0 atom stereocenters. The van der Waals surface area contributed by atoms with Crippen LogP contribution < -0.4 is 5.32 Å². The van der Waals surface area contributed by atoms with Crippen LogP contribution in [0.25, 0.3) is 12.2 Å². The molecule has 0 unspecified atom stereocenters. The molecule has 0 heterocycles. The third kappa shape index (κ3) is 4.31. The van der Waals surface area contributed by atoms with Crippen LogP contribution in [0.3, 0.4) is 0 Å². The predicted octanol–water partition coefficient (Wildman–Crippen LogP) is 2.76. The highest BCUT2D eigenvalue weighted by atomic mass is 16.5. The van der Waals surface area contributed by atoms with Gasteiger partial charge in [0.15, 0.2) is 0 Å². The number of esters is 1. The predicted molar refractivity (Wildman–Crippen MR) is 86.2 cm³/mol. The van der Waals surface area contributed by atoms with Gasteiger partial charge in [-0.15, -0.1) is 0 Å². The van der Waals surface area contributed by atoms with Crippen molar-refractivity contribution < 1.29 is 14.3 Å². The van der Waals surface area contributed by atoms with Gasteiger partial charge in [-0.05, 0) is 17.2 Å². The number of hydrogen-bond donors (Lipinski definition) is 1. The van der Waals surface area contributed by atoms with Gasteiger partial charge in [0.2, 0.25) is 0 Å². The number of rotatable bonds is 5. The normalized spacial score (nSPS) is 10.4. The summed E-state index contributed by atoms with van der Waals surface area (Å²) < 4.78 is 4.50. The van der Waals surface area contributed by atoms with Crippen LogP contribution in [0.1, 0.15) is 21.5 Å². The summed E-state index contributed by atoms with van der Waals surface area (Å²) in [5.41, 5.74) is 2.35. The van der Waals surface area contributed by atoms with Gasteiger partial charge in [-0.3, -0.25) is 9.59 Å². The van der Waals surface area contributed by atoms with Crippen molar-refractivity contribution in [1.82, 2.24) is 5.32 Å². The zero-order valence-electron chi connectivity index (χ0n) is 12.3. The Balaban J connectivity index is 2.14. The Hall–Kier alpha value is -2.88. The first-order valence-electron chi connectivity index (χ1n) is 6.88. The van der Waals surface area contributed by atoms with Crippen molar-refractivity contribution in [2.24, 2.45) is 0 Å². The highest BCUT2D eigenvalue weighted by molar-refractivity contribution is 5.99. The van der Waals surface area contributed by atoms with Gasteiger partial charge >= 0.3 is 5.97 Å². The summed E-state index contributed by atoms with van der Waals surface area (Å²) in [6.45, 7) is -0.147. The molecule has 0 aliphatic rings. The fourth-order valence-corrected chi connectivity index (χ4v) is 1.92. The average molecular weight is 295 g/mol. The first-order chi connectivity index (χ1) is 10.7. The van der Waals surface area contributed by atoms with Gasteiger partial charge in [0.25, 0.3) is 5.91 Å². The van der Waals surface area contributed by atoms with Gasteiger partial charge < -0.3 is 10.1 Å². The van der Waals surface area contributed by atoms with E-state index in [0.717, 1.165) is 11.1 Å². The van der Waals surface area contributed by atoms with Crippen LogP contribution in [0.4, 0.5) is 0 Å². The van der Waals surface area contributed by atoms with Crippen molar-refractivity contribution >= 4 is 24.0 Å². The Morgan fingerprint density at radius 1 is 1.00 bits per heavy atom. The van der Waals surface area contributed by atoms with Gasteiger partial charge in [0, 0.05) is 5.56 Å². The molecule has 2 aromatic carbocycles. The molecule has 112 valence electrons. The Morgan fingerprint density at radius 2 is 1.68 bits per heavy atom. The maximum absolute atomic E-state index is 12.1. The number of carbonyl (C=O) groups is 2. The third-order valence-electron chi connectivity index (χ3n) is 3.08. The molecule has 0 aliphatic carbocycles. The van der Waals surface area contributed by atoms with E-state index in [4.69, 9.17) is 0 Å². The maximum Gasteiger partial charge on any atom is 0.325 e. The van der Waals surface area contributed by atoms with Crippen LogP contribution in [-0.4, -0.2) is 25.5 Å². The third-order valence-corrected chi connectivity index (χ3v) is 3.08. The molecule has 0 aliphatic heterocycles. The Morgan fingerprint density at radius 3 is 2.41 bits per heavy atom. The SMILES string of the molecule is COC(=O)CNC(=O)c1ccccc1/C=C/c1ccccc1. The number of amides is 1. The van der Waals surface area contributed by atoms with E-state index in [1.165, 1.54) is 7.11 Å². The minimum Gasteiger partial charge on any atom is -0.468 e. The summed E-state index contributed by atoms with van der Waals surface area (Å²) >= 11 is 0. The molecule has 0 aromatic heterocycles. The van der Waals surface area contributed by atoms with Gasteiger partial charge in [-0.25, -0.2) is 0 Å². The Kier molecular flexibility index (Phi) is 5.49. The molecular weight excluding hydrogens is 278 g/mol. The fourth-order valence-electron chi connectivity index (χ4n) is 1.92. The molecule has 1 N–H and O–H groups in total. The quantitative estimate of drug-likeness (QED) is 0.681. The van der Waals surface area contributed by atoms with Crippen molar-refractivity contribution in [3.8, 4) is 0 Å². The molecule has 22 heavy (non-hydrogen) atoms. The second kappa shape index (κ2) is 7.78. The van der Waals surface area contributed by atoms with Crippen LogP contribution >= 0.6 is 0 Å². The molecule has 2 rings (SSSR count). The van der Waals surface area contributed by atoms with Crippen molar-refractivity contribution in [2.45, 2.75) is 0 Å². The molecule has 2 aromatic rings. The lowest BCUT2D eigenvalue weighted by Gasteiger charge is -2.07. The maximum atomic E-state index is 12.1. The number of benzene rings is 2. The van der Waals surface area contributed by atoms with E-state index in [9.17, 15) is 9.59 Å². The minimum absolute atomic E-state index is 0.147. The van der Waals surface area contributed by atoms with E-state index in [-0.39, 0.29) is 12.5 Å². The number of ether oxygens (including phenoxy) is 1. The topological polar surface area (TPSA) is 55.4 Å². The lowest BCUT2D eigenvalue weighted by atomic mass is 10.1. The summed E-state index contributed by atoms with van der Waals surface area (Å²) in [6, 6.07) is 17.0. The molecule has 4 heteroatoms. The summed E-state index contributed by atoms with van der Waals surface area (Å²) in [4.78, 5) is 23.2. The number of carbonyl (C=O) groups excluding carboxylic acids is 2. The van der Waals surface area contributed by atoms with Crippen molar-refractivity contribution in [2.75, 3.05) is 13.7 Å². The zero-order valence-corrected chi connectivity index (χ0v) is 12.3. The molecule has 0 fully saturated rings. The van der Waals surface area contributed by atoms with Gasteiger partial charge in [0.1, 0.15) is 6.54 Å². The van der Waals surface area contributed by atoms with Gasteiger partial charge in [-0.1, -0.05) is 60.7 Å². The summed E-state index contributed by atoms with van der Waals surface area (Å²) in [6.07, 6.45) is 3.81. The standard InChI is InChI=1S/C18H17NO3/c1-22-17(20)13-19-18(21)16-10-6-5-9-15(16)12-11-14-7-3-2-4-8-14/h2-12H,13H2,1H3,(H,19,21)/b12-11+. The Labute approximate surface area is 129 Å². The Bertz CT molecular complexity index is 678. The monoisotopic (exact) mass is 295 g/mol. The molecular formula is C18H17NO3. The van der Waals surface area contributed by atoms with E-state index in [1.807, 2.05) is 54.6 Å². The van der Waals surface area contributed by atoms with Gasteiger partial charge in [0.05, 0.1) is 7.11 Å². The van der Waals surface area contributed by atoms with Crippen molar-refractivity contribution in [3.63, 3.8) is 0 Å². The van der Waals surface area contributed by atoms with Crippen LogP contribution in [0, 0.1) is 0 Å². The first kappa shape index (κ1) is 15.5. The first-order valence-corrected chi connectivity index (χ1v) is 6.88. The number of hydrogen-bond acceptors (Lipinski definition) is 3. The molecule has 4 nitrogen and oxygen atoms in total. The van der Waals surface area contributed by atoms with E-state index in [0.29, 0.717) is 5.56 Å². The van der Waals surface area contributed by atoms with Crippen LogP contribution in [-0.2, 0) is 9.53 Å². The highest BCUT2D eigenvalue weighted by Gasteiger charge is 2.10. The second-order valence-electron chi connectivity index (χ2n) is 4.59. The summed E-state index contributed by atoms with van der Waals surface area (Å²) in [5, 5.41) is 2.54. The highest BCUT2D eigenvalue weighted by Crippen LogP contribution is 2.13. The van der Waals surface area contributed by atoms with E-state index >= 15 is 0 Å². The number of methoxy groups -OCH3 is 1. The minimum atomic E-state index is -0.481. The largest absolute Gasteiger partial charge is 0.468 e. The molecule has 0 saturated carbocycles. The summed E-state index contributed by atoms with van der Waals surface area (Å²) in [7, 11) is 1.28. The van der Waals surface area contributed by atoms with Crippen molar-refractivity contribution in [1.29, 1.82) is 0 Å². The fraction of sp³-hybridized carbons (Fsp3) is 0.111.